The zero-order chi connectivity index (χ0) is 12.9. The van der Waals surface area contributed by atoms with Crippen molar-refractivity contribution in [1.29, 1.82) is 0 Å². The monoisotopic (exact) mass is 236 g/mol. The molecule has 0 N–H and O–H groups in total. The quantitative estimate of drug-likeness (QED) is 0.698. The number of carbonyl (C=O) groups is 1. The third-order valence-corrected chi connectivity index (χ3v) is 2.14. The first-order chi connectivity index (χ1) is 8.28. The Labute approximate surface area is 105 Å². The molecule has 2 heteroatoms. The van der Waals surface area contributed by atoms with Crippen LogP contribution in [0.2, 0.25) is 0 Å². The molecule has 0 saturated heterocycles. The first kappa shape index (κ1) is 15.9. The lowest BCUT2D eigenvalue weighted by Gasteiger charge is -2.12. The van der Waals surface area contributed by atoms with Crippen LogP contribution < -0.4 is 0 Å². The van der Waals surface area contributed by atoms with Gasteiger partial charge in [0.25, 0.3) is 0 Å². The topological polar surface area (TPSA) is 26.3 Å². The summed E-state index contributed by atoms with van der Waals surface area (Å²) in [4.78, 5) is 10.3. The molecule has 0 aliphatic heterocycles. The molecule has 96 valence electrons. The minimum Gasteiger partial charge on any atom is -0.373 e. The van der Waals surface area contributed by atoms with E-state index < -0.39 is 0 Å². The van der Waals surface area contributed by atoms with Gasteiger partial charge in [0.05, 0.1) is 12.7 Å². The summed E-state index contributed by atoms with van der Waals surface area (Å²) < 4.78 is 5.59. The molecule has 0 amide bonds. The number of ether oxygens (including phenoxy) is 1. The Bertz CT molecular complexity index is 270. The molecule has 1 aromatic rings. The van der Waals surface area contributed by atoms with Gasteiger partial charge in [0, 0.05) is 6.42 Å². The van der Waals surface area contributed by atoms with E-state index in [0.29, 0.717) is 13.0 Å². The van der Waals surface area contributed by atoms with Gasteiger partial charge in [-0.15, -0.1) is 0 Å². The van der Waals surface area contributed by atoms with E-state index in [4.69, 9.17) is 4.74 Å². The SMILES string of the molecule is CCC.CC[C@H](CC=O)OCc1ccccc1. The molecule has 0 radical (unpaired) electrons. The summed E-state index contributed by atoms with van der Waals surface area (Å²) in [6, 6.07) is 9.99. The fraction of sp³-hybridized carbons (Fsp3) is 0.533. The smallest absolute Gasteiger partial charge is 0.122 e. The molecular formula is C15H24O2. The highest BCUT2D eigenvalue weighted by atomic mass is 16.5. The van der Waals surface area contributed by atoms with Crippen molar-refractivity contribution in [2.24, 2.45) is 0 Å². The molecule has 1 aromatic carbocycles. The van der Waals surface area contributed by atoms with Crippen molar-refractivity contribution in [3.8, 4) is 0 Å². The van der Waals surface area contributed by atoms with Crippen molar-refractivity contribution in [2.75, 3.05) is 0 Å². The molecular weight excluding hydrogens is 212 g/mol. The maximum Gasteiger partial charge on any atom is 0.122 e. The first-order valence-electron chi connectivity index (χ1n) is 6.37. The summed E-state index contributed by atoms with van der Waals surface area (Å²) in [5.74, 6) is 0. The highest BCUT2D eigenvalue weighted by Gasteiger charge is 2.05. The zero-order valence-electron chi connectivity index (χ0n) is 11.2. The lowest BCUT2D eigenvalue weighted by atomic mass is 10.2. The Morgan fingerprint density at radius 1 is 1.18 bits per heavy atom. The third-order valence-electron chi connectivity index (χ3n) is 2.14. The summed E-state index contributed by atoms with van der Waals surface area (Å²) in [5.41, 5.74) is 1.15. The second-order valence-electron chi connectivity index (χ2n) is 3.94. The van der Waals surface area contributed by atoms with E-state index in [1.54, 1.807) is 0 Å². The van der Waals surface area contributed by atoms with Gasteiger partial charge in [-0.05, 0) is 12.0 Å². The molecule has 0 saturated carbocycles. The highest BCUT2D eigenvalue weighted by Crippen LogP contribution is 2.07. The molecule has 0 fully saturated rings. The van der Waals surface area contributed by atoms with Crippen LogP contribution in [0.4, 0.5) is 0 Å². The Morgan fingerprint density at radius 3 is 2.24 bits per heavy atom. The van der Waals surface area contributed by atoms with E-state index >= 15 is 0 Å². The molecule has 0 aliphatic rings. The minimum absolute atomic E-state index is 0.0627. The number of aldehydes is 1. The molecule has 1 rings (SSSR count). The summed E-state index contributed by atoms with van der Waals surface area (Å²) in [7, 11) is 0. The van der Waals surface area contributed by atoms with Crippen molar-refractivity contribution < 1.29 is 9.53 Å². The van der Waals surface area contributed by atoms with E-state index in [1.165, 1.54) is 6.42 Å². The molecule has 0 bridgehead atoms. The van der Waals surface area contributed by atoms with Crippen LogP contribution in [0.5, 0.6) is 0 Å². The van der Waals surface area contributed by atoms with E-state index in [1.807, 2.05) is 37.3 Å². The van der Waals surface area contributed by atoms with Gasteiger partial charge in [0.2, 0.25) is 0 Å². The van der Waals surface area contributed by atoms with Crippen molar-refractivity contribution in [3.05, 3.63) is 35.9 Å². The fourth-order valence-corrected chi connectivity index (χ4v) is 1.25. The number of benzene rings is 1. The molecule has 0 heterocycles. The normalized spacial score (nSPS) is 11.2. The molecule has 0 unspecified atom stereocenters. The molecule has 1 atom stereocenters. The van der Waals surface area contributed by atoms with Crippen LogP contribution in [-0.4, -0.2) is 12.4 Å². The summed E-state index contributed by atoms with van der Waals surface area (Å²) in [5, 5.41) is 0. The Morgan fingerprint density at radius 2 is 1.76 bits per heavy atom. The van der Waals surface area contributed by atoms with Gasteiger partial charge >= 0.3 is 0 Å². The second kappa shape index (κ2) is 11.3. The molecule has 0 aliphatic carbocycles. The molecule has 0 spiro atoms. The van der Waals surface area contributed by atoms with Crippen molar-refractivity contribution in [2.45, 2.75) is 52.7 Å². The van der Waals surface area contributed by atoms with Gasteiger partial charge in [-0.3, -0.25) is 0 Å². The lowest BCUT2D eigenvalue weighted by Crippen LogP contribution is -2.11. The Balaban J connectivity index is 0.000000770. The van der Waals surface area contributed by atoms with Crippen LogP contribution in [0.3, 0.4) is 0 Å². The molecule has 0 aromatic heterocycles. The van der Waals surface area contributed by atoms with Gasteiger partial charge in [0.1, 0.15) is 6.29 Å². The van der Waals surface area contributed by atoms with E-state index in [0.717, 1.165) is 18.3 Å². The first-order valence-corrected chi connectivity index (χ1v) is 6.37. The van der Waals surface area contributed by atoms with E-state index in [2.05, 4.69) is 13.8 Å². The predicted molar refractivity (Wildman–Crippen MR) is 72.0 cm³/mol. The van der Waals surface area contributed by atoms with E-state index in [9.17, 15) is 4.79 Å². The van der Waals surface area contributed by atoms with Crippen LogP contribution in [0.1, 0.15) is 45.6 Å². The molecule has 2 nitrogen and oxygen atoms in total. The average molecular weight is 236 g/mol. The third kappa shape index (κ3) is 8.64. The van der Waals surface area contributed by atoms with Crippen molar-refractivity contribution in [1.82, 2.24) is 0 Å². The van der Waals surface area contributed by atoms with Gasteiger partial charge in [0.15, 0.2) is 0 Å². The second-order valence-corrected chi connectivity index (χ2v) is 3.94. The van der Waals surface area contributed by atoms with Gasteiger partial charge < -0.3 is 9.53 Å². The Hall–Kier alpha value is -1.15. The van der Waals surface area contributed by atoms with Crippen LogP contribution >= 0.6 is 0 Å². The minimum atomic E-state index is 0.0627. The van der Waals surface area contributed by atoms with Crippen LogP contribution in [0.25, 0.3) is 0 Å². The number of rotatable bonds is 6. The predicted octanol–water partition coefficient (Wildman–Crippen LogP) is 3.99. The van der Waals surface area contributed by atoms with Gasteiger partial charge in [-0.1, -0.05) is 57.5 Å². The van der Waals surface area contributed by atoms with E-state index in [-0.39, 0.29) is 6.10 Å². The standard InChI is InChI=1S/C12H16O2.C3H8/c1-2-12(8-9-13)14-10-11-6-4-3-5-7-11;1-3-2/h3-7,9,12H,2,8,10H2,1H3;3H2,1-2H3/t12-;/m1./s1. The van der Waals surface area contributed by atoms with Gasteiger partial charge in [-0.2, -0.15) is 0 Å². The van der Waals surface area contributed by atoms with Crippen LogP contribution in [-0.2, 0) is 16.1 Å². The summed E-state index contributed by atoms with van der Waals surface area (Å²) >= 11 is 0. The number of carbonyl (C=O) groups excluding carboxylic acids is 1. The Kier molecular flexibility index (Phi) is 10.6. The highest BCUT2D eigenvalue weighted by molar-refractivity contribution is 5.50. The van der Waals surface area contributed by atoms with Crippen molar-refractivity contribution in [3.63, 3.8) is 0 Å². The van der Waals surface area contributed by atoms with Crippen molar-refractivity contribution >= 4 is 6.29 Å². The van der Waals surface area contributed by atoms with Gasteiger partial charge in [-0.25, -0.2) is 0 Å². The summed E-state index contributed by atoms with van der Waals surface area (Å²) in [6.07, 6.45) is 3.60. The molecule has 17 heavy (non-hydrogen) atoms. The lowest BCUT2D eigenvalue weighted by molar-refractivity contribution is -0.110. The van der Waals surface area contributed by atoms with Crippen LogP contribution in [0, 0.1) is 0 Å². The number of hydrogen-bond donors (Lipinski definition) is 0. The maximum absolute atomic E-state index is 10.3. The van der Waals surface area contributed by atoms with Crippen LogP contribution in [0.15, 0.2) is 30.3 Å². The zero-order valence-corrected chi connectivity index (χ0v) is 11.2. The number of hydrogen-bond acceptors (Lipinski definition) is 2. The fourth-order valence-electron chi connectivity index (χ4n) is 1.25. The average Bonchev–Trinajstić information content (AvgIpc) is 2.37. The summed E-state index contributed by atoms with van der Waals surface area (Å²) in [6.45, 7) is 6.87. The largest absolute Gasteiger partial charge is 0.373 e. The maximum atomic E-state index is 10.3.